The molecule has 4 rings (SSSR count). The van der Waals surface area contributed by atoms with Gasteiger partial charge in [0, 0.05) is 44.0 Å². The predicted molar refractivity (Wildman–Crippen MR) is 88.2 cm³/mol. The molecule has 124 valence electrons. The van der Waals surface area contributed by atoms with Crippen molar-refractivity contribution in [2.75, 3.05) is 31.1 Å². The summed E-state index contributed by atoms with van der Waals surface area (Å²) < 4.78 is 18.9. The number of aromatic nitrogens is 3. The molecule has 24 heavy (non-hydrogen) atoms. The fourth-order valence-corrected chi connectivity index (χ4v) is 2.95. The largest absolute Gasteiger partial charge is 0.439 e. The minimum absolute atomic E-state index is 0.307. The summed E-state index contributed by atoms with van der Waals surface area (Å²) in [4.78, 5) is 17.4. The Labute approximate surface area is 138 Å². The number of benzene rings is 1. The molecule has 1 aromatic carbocycles. The monoisotopic (exact) mass is 327 g/mol. The number of aryl methyl sites for hydroxylation is 1. The highest BCUT2D eigenvalue weighted by atomic mass is 19.1. The van der Waals surface area contributed by atoms with Crippen molar-refractivity contribution in [2.24, 2.45) is 0 Å². The van der Waals surface area contributed by atoms with Crippen molar-refractivity contribution < 1.29 is 8.81 Å². The van der Waals surface area contributed by atoms with Gasteiger partial charge in [0.15, 0.2) is 5.58 Å². The summed E-state index contributed by atoms with van der Waals surface area (Å²) in [6.07, 6.45) is 1.61. The summed E-state index contributed by atoms with van der Waals surface area (Å²) in [5.41, 5.74) is 2.17. The molecule has 3 aromatic rings. The lowest BCUT2D eigenvalue weighted by atomic mass is 10.3. The summed E-state index contributed by atoms with van der Waals surface area (Å²) >= 11 is 0. The van der Waals surface area contributed by atoms with Crippen molar-refractivity contribution in [3.63, 3.8) is 0 Å². The molecule has 6 nitrogen and oxygen atoms in total. The van der Waals surface area contributed by atoms with Gasteiger partial charge in [-0.1, -0.05) is 0 Å². The Balaban J connectivity index is 1.40. The second kappa shape index (κ2) is 6.16. The molecule has 0 aliphatic carbocycles. The van der Waals surface area contributed by atoms with Gasteiger partial charge in [-0.2, -0.15) is 0 Å². The van der Waals surface area contributed by atoms with Crippen LogP contribution in [0.15, 0.2) is 35.0 Å². The smallest absolute Gasteiger partial charge is 0.209 e. The van der Waals surface area contributed by atoms with Crippen LogP contribution in [0.1, 0.15) is 11.6 Å². The zero-order valence-corrected chi connectivity index (χ0v) is 13.4. The third-order valence-electron chi connectivity index (χ3n) is 4.24. The molecule has 2 aromatic heterocycles. The topological polar surface area (TPSA) is 58.3 Å². The van der Waals surface area contributed by atoms with Crippen LogP contribution in [-0.4, -0.2) is 46.0 Å². The standard InChI is InChI=1S/C17H18FN5O/c1-12-8-16(20-11-19-12)23-6-4-22(5-7-23)10-17-21-14-3-2-13(18)9-15(14)24-17/h2-3,8-9,11H,4-7,10H2,1H3. The number of anilines is 1. The van der Waals surface area contributed by atoms with Gasteiger partial charge in [0.2, 0.25) is 5.89 Å². The first kappa shape index (κ1) is 15.0. The summed E-state index contributed by atoms with van der Waals surface area (Å²) in [5.74, 6) is 1.29. The van der Waals surface area contributed by atoms with E-state index in [1.807, 2.05) is 13.0 Å². The van der Waals surface area contributed by atoms with E-state index in [4.69, 9.17) is 4.42 Å². The number of rotatable bonds is 3. The number of fused-ring (bicyclic) bond motifs is 1. The second-order valence-electron chi connectivity index (χ2n) is 6.00. The molecule has 0 saturated carbocycles. The zero-order chi connectivity index (χ0) is 16.5. The van der Waals surface area contributed by atoms with Crippen LogP contribution in [0, 0.1) is 12.7 Å². The van der Waals surface area contributed by atoms with Gasteiger partial charge < -0.3 is 9.32 Å². The molecule has 7 heteroatoms. The molecule has 0 amide bonds. The molecule has 0 unspecified atom stereocenters. The van der Waals surface area contributed by atoms with Crippen LogP contribution >= 0.6 is 0 Å². The predicted octanol–water partition coefficient (Wildman–Crippen LogP) is 2.39. The number of oxazole rings is 1. The highest BCUT2D eigenvalue weighted by Gasteiger charge is 2.20. The van der Waals surface area contributed by atoms with Crippen LogP contribution in [0.3, 0.4) is 0 Å². The van der Waals surface area contributed by atoms with Gasteiger partial charge in [-0.15, -0.1) is 0 Å². The minimum atomic E-state index is -0.307. The summed E-state index contributed by atoms with van der Waals surface area (Å²) in [6.45, 7) is 6.19. The Morgan fingerprint density at radius 1 is 1.12 bits per heavy atom. The van der Waals surface area contributed by atoms with Gasteiger partial charge in [-0.3, -0.25) is 4.90 Å². The lowest BCUT2D eigenvalue weighted by molar-refractivity contribution is 0.228. The molecule has 0 atom stereocenters. The fraction of sp³-hybridized carbons (Fsp3) is 0.353. The van der Waals surface area contributed by atoms with Crippen molar-refractivity contribution in [2.45, 2.75) is 13.5 Å². The highest BCUT2D eigenvalue weighted by molar-refractivity contribution is 5.72. The van der Waals surface area contributed by atoms with Gasteiger partial charge in [-0.05, 0) is 19.1 Å². The van der Waals surface area contributed by atoms with E-state index in [0.29, 0.717) is 23.5 Å². The molecule has 0 bridgehead atoms. The molecule has 1 aliphatic rings. The van der Waals surface area contributed by atoms with Crippen molar-refractivity contribution in [3.05, 3.63) is 48.0 Å². The summed E-state index contributed by atoms with van der Waals surface area (Å²) in [7, 11) is 0. The van der Waals surface area contributed by atoms with Crippen LogP contribution in [0.25, 0.3) is 11.1 Å². The molecule has 0 radical (unpaired) electrons. The van der Waals surface area contributed by atoms with E-state index < -0.39 is 0 Å². The van der Waals surface area contributed by atoms with Crippen LogP contribution in [-0.2, 0) is 6.54 Å². The van der Waals surface area contributed by atoms with Crippen molar-refractivity contribution in [1.82, 2.24) is 19.9 Å². The SMILES string of the molecule is Cc1cc(N2CCN(Cc3nc4ccc(F)cc4o3)CC2)ncn1. The van der Waals surface area contributed by atoms with Crippen LogP contribution in [0.5, 0.6) is 0 Å². The average molecular weight is 327 g/mol. The molecular formula is C17H18FN5O. The maximum atomic E-state index is 13.2. The van der Waals surface area contributed by atoms with E-state index in [0.717, 1.165) is 37.7 Å². The lowest BCUT2D eigenvalue weighted by Gasteiger charge is -2.34. The first-order valence-corrected chi connectivity index (χ1v) is 7.98. The van der Waals surface area contributed by atoms with Gasteiger partial charge in [0.25, 0.3) is 0 Å². The first-order valence-electron chi connectivity index (χ1n) is 7.98. The van der Waals surface area contributed by atoms with E-state index in [-0.39, 0.29) is 5.82 Å². The molecule has 0 N–H and O–H groups in total. The third-order valence-corrected chi connectivity index (χ3v) is 4.24. The van der Waals surface area contributed by atoms with Crippen molar-refractivity contribution >= 4 is 16.9 Å². The number of piperazine rings is 1. The molecule has 1 aliphatic heterocycles. The van der Waals surface area contributed by atoms with E-state index >= 15 is 0 Å². The van der Waals surface area contributed by atoms with Gasteiger partial charge >= 0.3 is 0 Å². The molecule has 0 spiro atoms. The normalized spacial score (nSPS) is 16.0. The Bertz CT molecular complexity index is 857. The van der Waals surface area contributed by atoms with E-state index in [1.54, 1.807) is 12.4 Å². The summed E-state index contributed by atoms with van der Waals surface area (Å²) in [6, 6.07) is 6.43. The van der Waals surface area contributed by atoms with Crippen LogP contribution < -0.4 is 4.90 Å². The highest BCUT2D eigenvalue weighted by Crippen LogP contribution is 2.19. The third kappa shape index (κ3) is 3.07. The van der Waals surface area contributed by atoms with E-state index in [1.165, 1.54) is 12.1 Å². The Morgan fingerprint density at radius 2 is 1.96 bits per heavy atom. The fourth-order valence-electron chi connectivity index (χ4n) is 2.95. The van der Waals surface area contributed by atoms with Gasteiger partial charge in [-0.25, -0.2) is 19.3 Å². The van der Waals surface area contributed by atoms with Crippen molar-refractivity contribution in [3.8, 4) is 0 Å². The van der Waals surface area contributed by atoms with E-state index in [9.17, 15) is 4.39 Å². The Morgan fingerprint density at radius 3 is 2.75 bits per heavy atom. The van der Waals surface area contributed by atoms with Gasteiger partial charge in [0.05, 0.1) is 6.54 Å². The number of hydrogen-bond acceptors (Lipinski definition) is 6. The number of nitrogens with zero attached hydrogens (tertiary/aromatic N) is 5. The van der Waals surface area contributed by atoms with E-state index in [2.05, 4.69) is 24.8 Å². The number of halogens is 1. The average Bonchev–Trinajstić information content (AvgIpc) is 2.97. The molecule has 1 fully saturated rings. The lowest BCUT2D eigenvalue weighted by Crippen LogP contribution is -2.46. The first-order chi connectivity index (χ1) is 11.7. The quantitative estimate of drug-likeness (QED) is 0.736. The Kier molecular flexibility index (Phi) is 3.86. The van der Waals surface area contributed by atoms with Crippen LogP contribution in [0.4, 0.5) is 10.2 Å². The molecule has 3 heterocycles. The maximum Gasteiger partial charge on any atom is 0.209 e. The zero-order valence-electron chi connectivity index (χ0n) is 13.4. The molecule has 1 saturated heterocycles. The molecular weight excluding hydrogens is 309 g/mol. The Hall–Kier alpha value is -2.54. The van der Waals surface area contributed by atoms with Crippen LogP contribution in [0.2, 0.25) is 0 Å². The van der Waals surface area contributed by atoms with Gasteiger partial charge in [0.1, 0.15) is 23.5 Å². The minimum Gasteiger partial charge on any atom is -0.439 e. The second-order valence-corrected chi connectivity index (χ2v) is 6.00. The van der Waals surface area contributed by atoms with Crippen molar-refractivity contribution in [1.29, 1.82) is 0 Å². The maximum absolute atomic E-state index is 13.2. The summed E-state index contributed by atoms with van der Waals surface area (Å²) in [5, 5.41) is 0. The number of hydrogen-bond donors (Lipinski definition) is 0.